The minimum Gasteiger partial charge on any atom is -0.548 e. The average Bonchev–Trinajstić information content (AvgIpc) is 3.25. The number of benzene rings is 1. The molecule has 0 saturated carbocycles. The summed E-state index contributed by atoms with van der Waals surface area (Å²) >= 11 is 0. The number of hydrogen-bond donors (Lipinski definition) is 1. The van der Waals surface area contributed by atoms with Crippen molar-refractivity contribution in [2.45, 2.75) is 38.0 Å². The van der Waals surface area contributed by atoms with Crippen LogP contribution in [0.3, 0.4) is 0 Å². The maximum atomic E-state index is 12.6. The Kier molecular flexibility index (Phi) is 7.90. The summed E-state index contributed by atoms with van der Waals surface area (Å²) in [5, 5.41) is 14.4. The molecule has 1 aliphatic heterocycles. The maximum Gasteiger partial charge on any atom is 1.00 e. The van der Waals surface area contributed by atoms with Crippen molar-refractivity contribution >= 4 is 11.9 Å². The predicted octanol–water partition coefficient (Wildman–Crippen LogP) is -2.61. The van der Waals surface area contributed by atoms with Gasteiger partial charge in [0.1, 0.15) is 0 Å². The number of nitrogens with one attached hydrogen (secondary N) is 1. The van der Waals surface area contributed by atoms with Crippen LogP contribution in [0.2, 0.25) is 0 Å². The van der Waals surface area contributed by atoms with Crippen LogP contribution in [0.25, 0.3) is 0 Å². The second-order valence-corrected chi connectivity index (χ2v) is 6.30. The van der Waals surface area contributed by atoms with Crippen LogP contribution < -0.4 is 40.0 Å². The van der Waals surface area contributed by atoms with Gasteiger partial charge in [-0.25, -0.2) is 0 Å². The second-order valence-electron chi connectivity index (χ2n) is 6.30. The van der Waals surface area contributed by atoms with E-state index in [1.165, 1.54) is 0 Å². The van der Waals surface area contributed by atoms with Crippen LogP contribution in [0.4, 0.5) is 0 Å². The molecule has 1 amide bonds. The molecule has 0 bridgehead atoms. The van der Waals surface area contributed by atoms with E-state index in [4.69, 9.17) is 0 Å². The van der Waals surface area contributed by atoms with Crippen molar-refractivity contribution in [1.82, 2.24) is 14.8 Å². The largest absolute Gasteiger partial charge is 1.00 e. The van der Waals surface area contributed by atoms with Gasteiger partial charge < -0.3 is 19.8 Å². The normalized spacial score (nSPS) is 19.7. The first-order valence-electron chi connectivity index (χ1n) is 8.54. The van der Waals surface area contributed by atoms with E-state index in [9.17, 15) is 14.7 Å². The van der Waals surface area contributed by atoms with Crippen molar-refractivity contribution in [1.29, 1.82) is 0 Å². The Hall–Kier alpha value is -1.60. The molecular formula is C19H22N3NaO3. The number of nitrogens with zero attached hydrogens (tertiary/aromatic N) is 2. The minimum atomic E-state index is -1.11. The SMILES string of the molecule is O=C([O-])C1CCC(C(=O)NCCn2cccc2)N1Cc1ccccc1.[Na+]. The van der Waals surface area contributed by atoms with Crippen LogP contribution in [0.1, 0.15) is 18.4 Å². The monoisotopic (exact) mass is 363 g/mol. The molecule has 1 aromatic heterocycles. The van der Waals surface area contributed by atoms with Gasteiger partial charge in [0.2, 0.25) is 5.91 Å². The molecule has 26 heavy (non-hydrogen) atoms. The summed E-state index contributed by atoms with van der Waals surface area (Å²) in [6.07, 6.45) is 4.84. The first-order chi connectivity index (χ1) is 12.1. The van der Waals surface area contributed by atoms with Crippen molar-refractivity contribution in [2.75, 3.05) is 6.54 Å². The van der Waals surface area contributed by atoms with Gasteiger partial charge in [-0.15, -0.1) is 0 Å². The molecule has 3 rings (SSSR count). The van der Waals surface area contributed by atoms with Gasteiger partial charge in [-0.1, -0.05) is 30.3 Å². The summed E-state index contributed by atoms with van der Waals surface area (Å²) in [7, 11) is 0. The Balaban J connectivity index is 0.00000243. The predicted molar refractivity (Wildman–Crippen MR) is 91.2 cm³/mol. The number of likely N-dealkylation sites (tertiary alicyclic amines) is 1. The molecule has 1 aliphatic rings. The molecule has 0 aliphatic carbocycles. The number of rotatable bonds is 7. The van der Waals surface area contributed by atoms with Crippen LogP contribution in [-0.4, -0.2) is 40.0 Å². The third-order valence-corrected chi connectivity index (χ3v) is 4.63. The number of aliphatic carboxylic acids is 1. The number of amides is 1. The fraction of sp³-hybridized carbons (Fsp3) is 0.368. The van der Waals surface area contributed by atoms with Crippen molar-refractivity contribution in [3.05, 3.63) is 60.4 Å². The number of carbonyl (C=O) groups is 2. The van der Waals surface area contributed by atoms with Crippen molar-refractivity contribution in [2.24, 2.45) is 0 Å². The molecule has 1 fully saturated rings. The Morgan fingerprint density at radius 2 is 1.69 bits per heavy atom. The number of hydrogen-bond acceptors (Lipinski definition) is 4. The second kappa shape index (κ2) is 9.92. The molecule has 2 atom stereocenters. The van der Waals surface area contributed by atoms with E-state index in [1.807, 2.05) is 59.4 Å². The minimum absolute atomic E-state index is 0. The average molecular weight is 363 g/mol. The fourth-order valence-corrected chi connectivity index (χ4v) is 3.36. The number of aromatic nitrogens is 1. The van der Waals surface area contributed by atoms with E-state index >= 15 is 0 Å². The Bertz CT molecular complexity index is 706. The van der Waals surface area contributed by atoms with Gasteiger partial charge in [0.05, 0.1) is 18.1 Å². The third kappa shape index (κ3) is 5.20. The number of carboxylic acids is 1. The summed E-state index contributed by atoms with van der Waals surface area (Å²) in [6, 6.07) is 12.3. The van der Waals surface area contributed by atoms with Crippen LogP contribution in [0, 0.1) is 0 Å². The first kappa shape index (κ1) is 20.7. The van der Waals surface area contributed by atoms with Crippen molar-refractivity contribution in [3.63, 3.8) is 0 Å². The Labute approximate surface area is 175 Å². The molecule has 2 heterocycles. The topological polar surface area (TPSA) is 77.4 Å². The molecular weight excluding hydrogens is 341 g/mol. The van der Waals surface area contributed by atoms with E-state index in [2.05, 4.69) is 5.32 Å². The number of carbonyl (C=O) groups excluding carboxylic acids is 2. The Morgan fingerprint density at radius 3 is 2.35 bits per heavy atom. The van der Waals surface area contributed by atoms with Gasteiger partial charge in [0, 0.05) is 32.0 Å². The summed E-state index contributed by atoms with van der Waals surface area (Å²) in [5.41, 5.74) is 0.987. The molecule has 2 aromatic rings. The number of carboxylic acid groups (broad SMARTS) is 1. The summed E-state index contributed by atoms with van der Waals surface area (Å²) in [6.45, 7) is 1.63. The van der Waals surface area contributed by atoms with E-state index in [1.54, 1.807) is 4.90 Å². The van der Waals surface area contributed by atoms with Gasteiger partial charge in [-0.05, 0) is 30.5 Å². The van der Waals surface area contributed by atoms with Crippen molar-refractivity contribution in [3.8, 4) is 0 Å². The smallest absolute Gasteiger partial charge is 0.548 e. The van der Waals surface area contributed by atoms with E-state index < -0.39 is 18.1 Å². The molecule has 1 saturated heterocycles. The summed E-state index contributed by atoms with van der Waals surface area (Å²) < 4.78 is 1.99. The van der Waals surface area contributed by atoms with E-state index in [0.29, 0.717) is 32.5 Å². The molecule has 1 aromatic carbocycles. The molecule has 0 radical (unpaired) electrons. The molecule has 7 heteroatoms. The first-order valence-corrected chi connectivity index (χ1v) is 8.54. The standard InChI is InChI=1S/C19H23N3O3.Na/c23-18(20-10-13-21-11-4-5-12-21)16-8-9-17(19(24)25)22(16)14-15-6-2-1-3-7-15;/h1-7,11-12,16-17H,8-10,13-14H2,(H,20,23)(H,24,25);/q;+1/p-1. The van der Waals surface area contributed by atoms with Gasteiger partial charge in [-0.3, -0.25) is 9.69 Å². The summed E-state index contributed by atoms with van der Waals surface area (Å²) in [4.78, 5) is 25.8. The molecule has 1 N–H and O–H groups in total. The Morgan fingerprint density at radius 1 is 1.04 bits per heavy atom. The van der Waals surface area contributed by atoms with Crippen LogP contribution in [-0.2, 0) is 22.7 Å². The summed E-state index contributed by atoms with van der Waals surface area (Å²) in [5.74, 6) is -1.23. The zero-order valence-corrected chi connectivity index (χ0v) is 17.0. The van der Waals surface area contributed by atoms with E-state index in [-0.39, 0.29) is 35.5 Å². The zero-order valence-electron chi connectivity index (χ0n) is 15.0. The molecule has 2 unspecified atom stereocenters. The van der Waals surface area contributed by atoms with Crippen LogP contribution in [0.5, 0.6) is 0 Å². The molecule has 132 valence electrons. The molecule has 0 spiro atoms. The van der Waals surface area contributed by atoms with E-state index in [0.717, 1.165) is 5.56 Å². The van der Waals surface area contributed by atoms with Crippen LogP contribution >= 0.6 is 0 Å². The molecule has 6 nitrogen and oxygen atoms in total. The maximum absolute atomic E-state index is 12.6. The quantitative estimate of drug-likeness (QED) is 0.547. The van der Waals surface area contributed by atoms with Gasteiger partial charge in [0.25, 0.3) is 0 Å². The third-order valence-electron chi connectivity index (χ3n) is 4.63. The van der Waals surface area contributed by atoms with Crippen LogP contribution in [0.15, 0.2) is 54.9 Å². The van der Waals surface area contributed by atoms with Crippen molar-refractivity contribution < 1.29 is 44.3 Å². The zero-order chi connectivity index (χ0) is 17.6. The van der Waals surface area contributed by atoms with Gasteiger partial charge in [0.15, 0.2) is 0 Å². The van der Waals surface area contributed by atoms with Gasteiger partial charge in [-0.2, -0.15) is 0 Å². The van der Waals surface area contributed by atoms with Gasteiger partial charge >= 0.3 is 29.6 Å². The fourth-order valence-electron chi connectivity index (χ4n) is 3.36.